The molecular weight excluding hydrogens is 708 g/mol. The maximum absolute atomic E-state index is 10.6. The van der Waals surface area contributed by atoms with E-state index in [-0.39, 0.29) is 0 Å². The monoisotopic (exact) mass is 735 g/mol. The summed E-state index contributed by atoms with van der Waals surface area (Å²) >= 11 is 3.44. The van der Waals surface area contributed by atoms with Gasteiger partial charge in [0.15, 0.2) is 5.65 Å². The number of carbonyl (C=O) groups is 2. The van der Waals surface area contributed by atoms with Crippen LogP contribution in [0.3, 0.4) is 0 Å². The van der Waals surface area contributed by atoms with Gasteiger partial charge < -0.3 is 29.6 Å². The number of alkyl halides is 6. The molecule has 11 nitrogen and oxygen atoms in total. The molecule has 254 valence electrons. The lowest BCUT2D eigenvalue weighted by Gasteiger charge is -2.36. The number of nitrogens with one attached hydrogen (secondary N) is 1. The highest BCUT2D eigenvalue weighted by Crippen LogP contribution is 2.28. The van der Waals surface area contributed by atoms with E-state index in [2.05, 4.69) is 52.8 Å². The molecular formula is C29H28BrF6N5O6. The topological polar surface area (TPSA) is 141 Å². The minimum Gasteiger partial charge on any atom is -0.495 e. The number of fused-ring (bicyclic) bond motifs is 1. The number of ether oxygens (including phenoxy) is 2. The largest absolute Gasteiger partial charge is 0.495 e. The fourth-order valence-electron chi connectivity index (χ4n) is 4.12. The number of carboxylic acids is 2. The summed E-state index contributed by atoms with van der Waals surface area (Å²) in [5.41, 5.74) is 3.79. The van der Waals surface area contributed by atoms with Crippen LogP contribution in [-0.4, -0.2) is 101 Å². The SMILES string of the molecule is COc1ccccc1N1CCN(CCOc2ccc(-c3nc4ncc(Br)cc4[nH]3)cc2)CC1.O=C(O)C(F)(F)F.O=C(O)C(F)(F)F. The van der Waals surface area contributed by atoms with Crippen molar-refractivity contribution < 1.29 is 55.6 Å². The Hall–Kier alpha value is -4.58. The highest BCUT2D eigenvalue weighted by molar-refractivity contribution is 9.10. The van der Waals surface area contributed by atoms with Gasteiger partial charge in [0.25, 0.3) is 0 Å². The van der Waals surface area contributed by atoms with E-state index in [1.165, 1.54) is 5.69 Å². The Morgan fingerprint density at radius 3 is 2.06 bits per heavy atom. The van der Waals surface area contributed by atoms with Crippen LogP contribution in [0.4, 0.5) is 32.0 Å². The fourth-order valence-corrected chi connectivity index (χ4v) is 4.45. The van der Waals surface area contributed by atoms with Gasteiger partial charge in [-0.3, -0.25) is 4.90 Å². The minimum absolute atomic E-state index is 0.663. The molecule has 3 N–H and O–H groups in total. The maximum atomic E-state index is 10.6. The van der Waals surface area contributed by atoms with Crippen LogP contribution in [0.1, 0.15) is 0 Å². The van der Waals surface area contributed by atoms with E-state index >= 15 is 0 Å². The molecule has 0 radical (unpaired) electrons. The van der Waals surface area contributed by atoms with Crippen LogP contribution in [0, 0.1) is 0 Å². The zero-order valence-corrected chi connectivity index (χ0v) is 26.1. The van der Waals surface area contributed by atoms with Crippen molar-refractivity contribution in [1.82, 2.24) is 19.9 Å². The summed E-state index contributed by atoms with van der Waals surface area (Å²) in [5, 5.41) is 14.2. The number of hydrogen-bond acceptors (Lipinski definition) is 8. The number of aliphatic carboxylic acids is 2. The number of methoxy groups -OCH3 is 1. The average molecular weight is 736 g/mol. The van der Waals surface area contributed by atoms with E-state index in [0.29, 0.717) is 12.3 Å². The second-order valence-electron chi connectivity index (χ2n) is 9.59. The zero-order chi connectivity index (χ0) is 34.8. The molecule has 1 saturated heterocycles. The highest BCUT2D eigenvalue weighted by Gasteiger charge is 2.38. The van der Waals surface area contributed by atoms with Crippen molar-refractivity contribution in [3.8, 4) is 22.9 Å². The first-order valence-corrected chi connectivity index (χ1v) is 14.3. The summed E-state index contributed by atoms with van der Waals surface area (Å²) in [5.74, 6) is -2.91. The van der Waals surface area contributed by atoms with Gasteiger partial charge >= 0.3 is 24.3 Å². The summed E-state index contributed by atoms with van der Waals surface area (Å²) < 4.78 is 75.9. The Bertz CT molecular complexity index is 1600. The molecule has 18 heteroatoms. The number of aromatic amines is 1. The van der Waals surface area contributed by atoms with Crippen molar-refractivity contribution in [2.75, 3.05) is 51.3 Å². The van der Waals surface area contributed by atoms with Gasteiger partial charge in [-0.15, -0.1) is 0 Å². The van der Waals surface area contributed by atoms with Crippen molar-refractivity contribution in [3.63, 3.8) is 0 Å². The number of halogens is 7. The Morgan fingerprint density at radius 1 is 0.936 bits per heavy atom. The van der Waals surface area contributed by atoms with Crippen LogP contribution in [0.2, 0.25) is 0 Å². The number of para-hydroxylation sites is 2. The summed E-state index contributed by atoms with van der Waals surface area (Å²) in [7, 11) is 1.73. The summed E-state index contributed by atoms with van der Waals surface area (Å²) in [6.07, 6.45) is -8.41. The lowest BCUT2D eigenvalue weighted by molar-refractivity contribution is -0.193. The van der Waals surface area contributed by atoms with Crippen LogP contribution in [-0.2, 0) is 9.59 Å². The van der Waals surface area contributed by atoms with Gasteiger partial charge in [-0.1, -0.05) is 12.1 Å². The molecule has 2 aromatic carbocycles. The quantitative estimate of drug-likeness (QED) is 0.198. The molecule has 1 aliphatic rings. The smallest absolute Gasteiger partial charge is 0.490 e. The number of aromatic nitrogens is 3. The molecule has 0 atom stereocenters. The number of benzene rings is 2. The van der Waals surface area contributed by atoms with Crippen LogP contribution < -0.4 is 14.4 Å². The number of imidazole rings is 1. The van der Waals surface area contributed by atoms with Crippen LogP contribution in [0.15, 0.2) is 65.3 Å². The minimum atomic E-state index is -5.08. The molecule has 1 aliphatic heterocycles. The van der Waals surface area contributed by atoms with Crippen molar-refractivity contribution in [3.05, 3.63) is 65.3 Å². The Morgan fingerprint density at radius 2 is 1.51 bits per heavy atom. The maximum Gasteiger partial charge on any atom is 0.490 e. The molecule has 0 unspecified atom stereocenters. The van der Waals surface area contributed by atoms with Crippen molar-refractivity contribution in [2.24, 2.45) is 0 Å². The van der Waals surface area contributed by atoms with Gasteiger partial charge in [0.2, 0.25) is 0 Å². The molecule has 47 heavy (non-hydrogen) atoms. The normalized spacial score (nSPS) is 13.6. The van der Waals surface area contributed by atoms with Crippen molar-refractivity contribution in [1.29, 1.82) is 0 Å². The molecule has 0 saturated carbocycles. The molecule has 5 rings (SSSR count). The number of piperazine rings is 1. The first-order chi connectivity index (χ1) is 22.1. The number of H-pyrrole nitrogens is 1. The second kappa shape index (κ2) is 16.3. The number of rotatable bonds is 7. The van der Waals surface area contributed by atoms with E-state index in [1.54, 1.807) is 13.3 Å². The van der Waals surface area contributed by atoms with Crippen molar-refractivity contribution in [2.45, 2.75) is 12.4 Å². The number of carboxylic acid groups (broad SMARTS) is 2. The van der Waals surface area contributed by atoms with Crippen molar-refractivity contribution >= 4 is 44.7 Å². The predicted molar refractivity (Wildman–Crippen MR) is 162 cm³/mol. The first kappa shape index (κ1) is 36.9. The third-order valence-electron chi connectivity index (χ3n) is 6.39. The van der Waals surface area contributed by atoms with Crippen LogP contribution >= 0.6 is 15.9 Å². The first-order valence-electron chi connectivity index (χ1n) is 13.5. The van der Waals surface area contributed by atoms with E-state index < -0.39 is 24.3 Å². The van der Waals surface area contributed by atoms with E-state index in [1.807, 2.05) is 42.5 Å². The summed E-state index contributed by atoms with van der Waals surface area (Å²) in [6.45, 7) is 5.56. The lowest BCUT2D eigenvalue weighted by Crippen LogP contribution is -2.47. The number of anilines is 1. The Kier molecular flexibility index (Phi) is 12.8. The number of pyridine rings is 1. The van der Waals surface area contributed by atoms with E-state index in [4.69, 9.17) is 29.3 Å². The molecule has 4 aromatic rings. The molecule has 0 bridgehead atoms. The third kappa shape index (κ3) is 11.3. The van der Waals surface area contributed by atoms with Gasteiger partial charge in [-0.05, 0) is 58.4 Å². The molecule has 0 spiro atoms. The van der Waals surface area contributed by atoms with E-state index in [9.17, 15) is 26.3 Å². The molecule has 3 heterocycles. The van der Waals surface area contributed by atoms with Gasteiger partial charge in [-0.25, -0.2) is 19.6 Å². The van der Waals surface area contributed by atoms with Gasteiger partial charge in [0.1, 0.15) is 23.9 Å². The lowest BCUT2D eigenvalue weighted by atomic mass is 10.2. The average Bonchev–Trinajstić information content (AvgIpc) is 3.45. The summed E-state index contributed by atoms with van der Waals surface area (Å²) in [4.78, 5) is 34.8. The molecule has 0 amide bonds. The van der Waals surface area contributed by atoms with Gasteiger partial charge in [0.05, 0.1) is 18.3 Å². The van der Waals surface area contributed by atoms with Gasteiger partial charge in [0, 0.05) is 49.0 Å². The van der Waals surface area contributed by atoms with Gasteiger partial charge in [-0.2, -0.15) is 26.3 Å². The Balaban J connectivity index is 0.000000360. The standard InChI is InChI=1S/C25H26BrN5O2.2C2HF3O2/c1-32-23-5-3-2-4-22(23)31-12-10-30(11-13-31)14-15-33-20-8-6-18(7-9-20)24-28-21-16-19(26)17-27-25(21)29-24;2*3-2(4,5)1(6)7/h2-9,16-17H,10-15H2,1H3,(H,27,28,29);2*(H,6,7). The third-order valence-corrected chi connectivity index (χ3v) is 6.82. The number of hydrogen-bond donors (Lipinski definition) is 3. The number of nitrogens with zero attached hydrogens (tertiary/aromatic N) is 4. The molecule has 2 aromatic heterocycles. The highest BCUT2D eigenvalue weighted by atomic mass is 79.9. The molecule has 0 aliphatic carbocycles. The molecule has 1 fully saturated rings. The fraction of sp³-hybridized carbons (Fsp3) is 0.310. The second-order valence-corrected chi connectivity index (χ2v) is 10.5. The van der Waals surface area contributed by atoms with Crippen LogP contribution in [0.25, 0.3) is 22.6 Å². The summed E-state index contributed by atoms with van der Waals surface area (Å²) in [6, 6.07) is 18.2. The van der Waals surface area contributed by atoms with E-state index in [0.717, 1.165) is 65.6 Å². The van der Waals surface area contributed by atoms with Crippen LogP contribution in [0.5, 0.6) is 11.5 Å². The Labute approximate surface area is 271 Å². The zero-order valence-electron chi connectivity index (χ0n) is 24.5. The predicted octanol–water partition coefficient (Wildman–Crippen LogP) is 5.86.